The number of amides is 2. The zero-order chi connectivity index (χ0) is 18.1. The summed E-state index contributed by atoms with van der Waals surface area (Å²) in [5, 5.41) is 11.0. The number of hydrogen-bond acceptors (Lipinski definition) is 4. The van der Waals surface area contributed by atoms with E-state index in [0.29, 0.717) is 12.4 Å². The topological polar surface area (TPSA) is 79.6 Å². The van der Waals surface area contributed by atoms with Gasteiger partial charge in [0.2, 0.25) is 11.8 Å². The smallest absolute Gasteiger partial charge is 0.227 e. The van der Waals surface area contributed by atoms with Crippen molar-refractivity contribution in [2.24, 2.45) is 5.92 Å². The van der Waals surface area contributed by atoms with Crippen molar-refractivity contribution in [3.05, 3.63) is 60.0 Å². The monoisotopic (exact) mass is 349 g/mol. The molecule has 3 aromatic rings. The molecule has 7 heteroatoms. The van der Waals surface area contributed by atoms with E-state index in [1.54, 1.807) is 4.90 Å². The number of aromatic nitrogens is 3. The Morgan fingerprint density at radius 1 is 1.19 bits per heavy atom. The number of fused-ring (bicyclic) bond motifs is 1. The SMILES string of the molecule is Cc1ccc(N2CC(C(=O)NCc3nnc4ccccn34)CC2=O)cc1. The molecule has 0 bridgehead atoms. The van der Waals surface area contributed by atoms with E-state index < -0.39 is 0 Å². The Balaban J connectivity index is 1.41. The van der Waals surface area contributed by atoms with Crippen LogP contribution in [0.2, 0.25) is 0 Å². The molecule has 0 radical (unpaired) electrons. The van der Waals surface area contributed by atoms with Crippen LogP contribution in [0.15, 0.2) is 48.7 Å². The molecule has 1 aliphatic rings. The molecular formula is C19H19N5O2. The lowest BCUT2D eigenvalue weighted by molar-refractivity contribution is -0.126. The Morgan fingerprint density at radius 2 is 2.00 bits per heavy atom. The van der Waals surface area contributed by atoms with Crippen LogP contribution in [-0.4, -0.2) is 33.0 Å². The number of aryl methyl sites for hydroxylation is 1. The fourth-order valence-electron chi connectivity index (χ4n) is 3.18. The van der Waals surface area contributed by atoms with E-state index in [9.17, 15) is 9.59 Å². The lowest BCUT2D eigenvalue weighted by atomic mass is 10.1. The van der Waals surface area contributed by atoms with Crippen LogP contribution in [0, 0.1) is 12.8 Å². The zero-order valence-electron chi connectivity index (χ0n) is 14.4. The summed E-state index contributed by atoms with van der Waals surface area (Å²) in [5.74, 6) is 0.138. The van der Waals surface area contributed by atoms with Gasteiger partial charge in [-0.25, -0.2) is 0 Å². The van der Waals surface area contributed by atoms with E-state index in [1.165, 1.54) is 0 Å². The molecule has 1 aliphatic heterocycles. The molecule has 1 saturated heterocycles. The summed E-state index contributed by atoms with van der Waals surface area (Å²) < 4.78 is 1.83. The standard InChI is InChI=1S/C19H19N5O2/c1-13-5-7-15(8-6-13)24-12-14(10-18(24)25)19(26)20-11-17-22-21-16-4-2-3-9-23(16)17/h2-9,14H,10-12H2,1H3,(H,20,26). The normalized spacial score (nSPS) is 17.0. The van der Waals surface area contributed by atoms with E-state index in [0.717, 1.165) is 16.9 Å². The molecule has 1 fully saturated rings. The van der Waals surface area contributed by atoms with Crippen LogP contribution < -0.4 is 10.2 Å². The van der Waals surface area contributed by atoms with Gasteiger partial charge < -0.3 is 10.2 Å². The van der Waals surface area contributed by atoms with Gasteiger partial charge in [0.05, 0.1) is 12.5 Å². The summed E-state index contributed by atoms with van der Waals surface area (Å²) >= 11 is 0. The second kappa shape index (κ2) is 6.59. The van der Waals surface area contributed by atoms with Gasteiger partial charge in [0, 0.05) is 24.8 Å². The maximum Gasteiger partial charge on any atom is 0.227 e. The fraction of sp³-hybridized carbons (Fsp3) is 0.263. The molecule has 0 aliphatic carbocycles. The van der Waals surface area contributed by atoms with E-state index in [-0.39, 0.29) is 30.7 Å². The highest BCUT2D eigenvalue weighted by Crippen LogP contribution is 2.25. The number of benzene rings is 1. The molecule has 4 rings (SSSR count). The van der Waals surface area contributed by atoms with Crippen molar-refractivity contribution in [3.63, 3.8) is 0 Å². The van der Waals surface area contributed by atoms with Gasteiger partial charge in [-0.15, -0.1) is 10.2 Å². The van der Waals surface area contributed by atoms with Crippen molar-refractivity contribution in [3.8, 4) is 0 Å². The number of carbonyl (C=O) groups is 2. The van der Waals surface area contributed by atoms with Crippen molar-refractivity contribution in [1.29, 1.82) is 0 Å². The first-order valence-corrected chi connectivity index (χ1v) is 8.55. The van der Waals surface area contributed by atoms with Crippen molar-refractivity contribution in [2.45, 2.75) is 19.9 Å². The van der Waals surface area contributed by atoms with Gasteiger partial charge in [-0.05, 0) is 31.2 Å². The Morgan fingerprint density at radius 3 is 2.81 bits per heavy atom. The summed E-state index contributed by atoms with van der Waals surface area (Å²) in [6, 6.07) is 13.4. The van der Waals surface area contributed by atoms with E-state index in [2.05, 4.69) is 15.5 Å². The minimum Gasteiger partial charge on any atom is -0.348 e. The minimum absolute atomic E-state index is 0.0260. The van der Waals surface area contributed by atoms with Crippen molar-refractivity contribution < 1.29 is 9.59 Å². The van der Waals surface area contributed by atoms with Crippen molar-refractivity contribution in [1.82, 2.24) is 19.9 Å². The summed E-state index contributed by atoms with van der Waals surface area (Å²) in [4.78, 5) is 26.5. The number of hydrogen-bond donors (Lipinski definition) is 1. The van der Waals surface area contributed by atoms with Crippen LogP contribution in [0.4, 0.5) is 5.69 Å². The first kappa shape index (κ1) is 16.3. The van der Waals surface area contributed by atoms with E-state index in [4.69, 9.17) is 0 Å². The predicted molar refractivity (Wildman–Crippen MR) is 96.5 cm³/mol. The van der Waals surface area contributed by atoms with Crippen LogP contribution >= 0.6 is 0 Å². The van der Waals surface area contributed by atoms with Crippen LogP contribution in [0.1, 0.15) is 17.8 Å². The van der Waals surface area contributed by atoms with Gasteiger partial charge in [0.1, 0.15) is 0 Å². The van der Waals surface area contributed by atoms with Gasteiger partial charge in [0.25, 0.3) is 0 Å². The number of nitrogens with one attached hydrogen (secondary N) is 1. The van der Waals surface area contributed by atoms with Crippen LogP contribution in [-0.2, 0) is 16.1 Å². The van der Waals surface area contributed by atoms with Crippen LogP contribution in [0.3, 0.4) is 0 Å². The third-order valence-corrected chi connectivity index (χ3v) is 4.65. The number of pyridine rings is 1. The fourth-order valence-corrected chi connectivity index (χ4v) is 3.18. The summed E-state index contributed by atoms with van der Waals surface area (Å²) in [6.07, 6.45) is 2.08. The summed E-state index contributed by atoms with van der Waals surface area (Å²) in [7, 11) is 0. The molecule has 7 nitrogen and oxygen atoms in total. The molecule has 0 spiro atoms. The number of carbonyl (C=O) groups excluding carboxylic acids is 2. The Hall–Kier alpha value is -3.22. The Bertz CT molecular complexity index is 963. The first-order chi connectivity index (χ1) is 12.6. The van der Waals surface area contributed by atoms with Gasteiger partial charge in [-0.2, -0.15) is 0 Å². The van der Waals surface area contributed by atoms with Crippen LogP contribution in [0.5, 0.6) is 0 Å². The van der Waals surface area contributed by atoms with Gasteiger partial charge >= 0.3 is 0 Å². The molecule has 3 heterocycles. The Kier molecular flexibility index (Phi) is 4.12. The maximum atomic E-state index is 12.5. The number of rotatable bonds is 4. The first-order valence-electron chi connectivity index (χ1n) is 8.55. The second-order valence-corrected chi connectivity index (χ2v) is 6.50. The molecule has 0 saturated carbocycles. The average molecular weight is 349 g/mol. The van der Waals surface area contributed by atoms with Crippen molar-refractivity contribution in [2.75, 3.05) is 11.4 Å². The third-order valence-electron chi connectivity index (χ3n) is 4.65. The lowest BCUT2D eigenvalue weighted by Gasteiger charge is -2.16. The molecule has 1 N–H and O–H groups in total. The maximum absolute atomic E-state index is 12.5. The third kappa shape index (κ3) is 3.03. The molecule has 132 valence electrons. The highest BCUT2D eigenvalue weighted by Gasteiger charge is 2.35. The predicted octanol–water partition coefficient (Wildman–Crippen LogP) is 1.71. The summed E-state index contributed by atoms with van der Waals surface area (Å²) in [6.45, 7) is 2.67. The lowest BCUT2D eigenvalue weighted by Crippen LogP contribution is -2.33. The molecule has 1 unspecified atom stereocenters. The molecule has 1 atom stereocenters. The molecule has 2 amide bonds. The Labute approximate surface area is 150 Å². The summed E-state index contributed by atoms with van der Waals surface area (Å²) in [5.41, 5.74) is 2.70. The average Bonchev–Trinajstić information content (AvgIpc) is 3.24. The second-order valence-electron chi connectivity index (χ2n) is 6.50. The van der Waals surface area contributed by atoms with Gasteiger partial charge in [-0.1, -0.05) is 23.8 Å². The zero-order valence-corrected chi connectivity index (χ0v) is 14.4. The molecular weight excluding hydrogens is 330 g/mol. The largest absolute Gasteiger partial charge is 0.348 e. The highest BCUT2D eigenvalue weighted by molar-refractivity contribution is 6.00. The molecule has 1 aromatic carbocycles. The van der Waals surface area contributed by atoms with Gasteiger partial charge in [0.15, 0.2) is 11.5 Å². The van der Waals surface area contributed by atoms with Crippen LogP contribution in [0.25, 0.3) is 5.65 Å². The number of nitrogens with zero attached hydrogens (tertiary/aromatic N) is 4. The highest BCUT2D eigenvalue weighted by atomic mass is 16.2. The number of anilines is 1. The van der Waals surface area contributed by atoms with Crippen molar-refractivity contribution >= 4 is 23.1 Å². The minimum atomic E-state index is -0.358. The van der Waals surface area contributed by atoms with E-state index >= 15 is 0 Å². The quantitative estimate of drug-likeness (QED) is 0.778. The van der Waals surface area contributed by atoms with Gasteiger partial charge in [-0.3, -0.25) is 14.0 Å². The molecule has 26 heavy (non-hydrogen) atoms. The molecule has 2 aromatic heterocycles. The van der Waals surface area contributed by atoms with E-state index in [1.807, 2.05) is 60.0 Å².